The van der Waals surface area contributed by atoms with Crippen molar-refractivity contribution in [1.82, 2.24) is 4.98 Å². The molecule has 2 N–H and O–H groups in total. The Labute approximate surface area is 212 Å². The second kappa shape index (κ2) is 11.2. The van der Waals surface area contributed by atoms with Crippen molar-refractivity contribution >= 4 is 11.6 Å². The predicted octanol–water partition coefficient (Wildman–Crippen LogP) is 5.17. The monoisotopic (exact) mass is 491 g/mol. The van der Waals surface area contributed by atoms with Crippen LogP contribution in [0.5, 0.6) is 5.75 Å². The Morgan fingerprint density at radius 1 is 1.06 bits per heavy atom. The first-order chi connectivity index (χ1) is 17.3. The van der Waals surface area contributed by atoms with Gasteiger partial charge in [-0.1, -0.05) is 30.3 Å². The fraction of sp³-hybridized carbons (Fsp3) is 0.379. The van der Waals surface area contributed by atoms with Crippen LogP contribution in [0.3, 0.4) is 0 Å². The molecular weight excluding hydrogens is 457 g/mol. The normalized spacial score (nSPS) is 18.5. The van der Waals surface area contributed by atoms with Crippen molar-refractivity contribution in [3.05, 3.63) is 78.4 Å². The quantitative estimate of drug-likeness (QED) is 0.396. The number of carbonyl (C=O) groups excluding carboxylic acids is 1. The largest absolute Gasteiger partial charge is 0.491 e. The summed E-state index contributed by atoms with van der Waals surface area (Å²) in [6.07, 6.45) is 0.545. The molecule has 1 aromatic heterocycles. The number of pyridine rings is 1. The second-order valence-electron chi connectivity index (χ2n) is 9.63. The maximum atomic E-state index is 13.6. The first kappa shape index (κ1) is 25.8. The van der Waals surface area contributed by atoms with Crippen molar-refractivity contribution in [2.75, 3.05) is 18.6 Å². The number of aromatic nitrogens is 1. The van der Waals surface area contributed by atoms with E-state index in [1.165, 1.54) is 6.07 Å². The number of carbonyl (C=O) groups is 1. The summed E-state index contributed by atoms with van der Waals surface area (Å²) in [4.78, 5) is 19.3. The lowest BCUT2D eigenvalue weighted by Crippen LogP contribution is -2.47. The average Bonchev–Trinajstić information content (AvgIpc) is 3.68. The summed E-state index contributed by atoms with van der Waals surface area (Å²) in [6.45, 7) is 6.20. The van der Waals surface area contributed by atoms with E-state index in [1.54, 1.807) is 24.1 Å². The minimum Gasteiger partial charge on any atom is -0.491 e. The number of anilines is 1. The Balaban J connectivity index is 1.54. The molecule has 1 saturated carbocycles. The van der Waals surface area contributed by atoms with Crippen molar-refractivity contribution in [3.8, 4) is 16.9 Å². The molecule has 0 radical (unpaired) electrons. The number of methoxy groups -OCH3 is 1. The van der Waals surface area contributed by atoms with Crippen molar-refractivity contribution in [3.63, 3.8) is 0 Å². The van der Waals surface area contributed by atoms with Crippen molar-refractivity contribution in [2.45, 2.75) is 51.4 Å². The Hall–Kier alpha value is -3.29. The van der Waals surface area contributed by atoms with Crippen LogP contribution in [0, 0.1) is 11.9 Å². The van der Waals surface area contributed by atoms with E-state index in [4.69, 9.17) is 15.2 Å². The Bertz CT molecular complexity index is 1170. The summed E-state index contributed by atoms with van der Waals surface area (Å²) in [7, 11) is 1.61. The molecule has 7 heteroatoms. The fourth-order valence-corrected chi connectivity index (χ4v) is 4.31. The average molecular weight is 492 g/mol. The summed E-state index contributed by atoms with van der Waals surface area (Å²) in [6, 6.07) is 20.2. The van der Waals surface area contributed by atoms with Crippen LogP contribution >= 0.6 is 0 Å². The predicted molar refractivity (Wildman–Crippen MR) is 139 cm³/mol. The molecule has 4 rings (SSSR count). The number of nitrogens with two attached hydrogens (primary N) is 1. The van der Waals surface area contributed by atoms with Gasteiger partial charge in [0.15, 0.2) is 0 Å². The number of hydrogen-bond acceptors (Lipinski definition) is 5. The van der Waals surface area contributed by atoms with Crippen molar-refractivity contribution < 1.29 is 18.7 Å². The first-order valence-electron chi connectivity index (χ1n) is 12.4. The van der Waals surface area contributed by atoms with Gasteiger partial charge < -0.3 is 20.1 Å². The number of nitrogens with zero attached hydrogens (tertiary/aromatic N) is 2. The number of ether oxygens (including phenoxy) is 2. The smallest absolute Gasteiger partial charge is 0.230 e. The molecular formula is C29H34FN3O3. The van der Waals surface area contributed by atoms with Gasteiger partial charge in [0.2, 0.25) is 11.9 Å². The fourth-order valence-electron chi connectivity index (χ4n) is 4.31. The minimum absolute atomic E-state index is 0.0345. The van der Waals surface area contributed by atoms with Crippen LogP contribution < -0.4 is 15.4 Å². The van der Waals surface area contributed by atoms with E-state index in [2.05, 4.69) is 4.98 Å². The zero-order valence-corrected chi connectivity index (χ0v) is 21.2. The van der Waals surface area contributed by atoms with Crippen LogP contribution in [0.15, 0.2) is 66.7 Å². The first-order valence-corrected chi connectivity index (χ1v) is 12.4. The molecule has 4 atom stereocenters. The van der Waals surface area contributed by atoms with Crippen LogP contribution in [0.2, 0.25) is 0 Å². The molecule has 0 bridgehead atoms. The van der Waals surface area contributed by atoms with E-state index < -0.39 is 5.95 Å². The molecule has 0 aliphatic heterocycles. The van der Waals surface area contributed by atoms with Gasteiger partial charge in [-0.15, -0.1) is 0 Å². The zero-order chi connectivity index (χ0) is 25.8. The third-order valence-electron chi connectivity index (χ3n) is 6.60. The number of benzene rings is 2. The number of hydrogen-bond donors (Lipinski definition) is 1. The molecule has 2 aromatic carbocycles. The Kier molecular flexibility index (Phi) is 8.01. The molecule has 1 heterocycles. The lowest BCUT2D eigenvalue weighted by Gasteiger charge is -2.29. The van der Waals surface area contributed by atoms with Crippen LogP contribution in [-0.2, 0) is 9.53 Å². The molecule has 1 fully saturated rings. The van der Waals surface area contributed by atoms with Gasteiger partial charge in [-0.25, -0.2) is 4.98 Å². The lowest BCUT2D eigenvalue weighted by molar-refractivity contribution is -0.120. The Morgan fingerprint density at radius 3 is 2.28 bits per heavy atom. The van der Waals surface area contributed by atoms with Gasteiger partial charge in [0.05, 0.1) is 12.2 Å². The van der Waals surface area contributed by atoms with Crippen LogP contribution in [0.1, 0.15) is 38.8 Å². The van der Waals surface area contributed by atoms with Crippen molar-refractivity contribution in [2.24, 2.45) is 11.7 Å². The van der Waals surface area contributed by atoms with Gasteiger partial charge in [-0.3, -0.25) is 4.79 Å². The van der Waals surface area contributed by atoms with Gasteiger partial charge in [0.25, 0.3) is 0 Å². The maximum absolute atomic E-state index is 13.6. The molecule has 0 saturated heterocycles. The van der Waals surface area contributed by atoms with Crippen molar-refractivity contribution in [1.29, 1.82) is 0 Å². The van der Waals surface area contributed by atoms with E-state index in [0.29, 0.717) is 18.7 Å². The highest BCUT2D eigenvalue weighted by molar-refractivity contribution is 5.97. The van der Waals surface area contributed by atoms with Gasteiger partial charge in [-0.2, -0.15) is 4.39 Å². The molecule has 36 heavy (non-hydrogen) atoms. The molecule has 6 nitrogen and oxygen atoms in total. The molecule has 1 amide bonds. The van der Waals surface area contributed by atoms with E-state index in [0.717, 1.165) is 22.6 Å². The summed E-state index contributed by atoms with van der Waals surface area (Å²) in [5, 5.41) is 0. The van der Waals surface area contributed by atoms with E-state index >= 15 is 0 Å². The zero-order valence-electron chi connectivity index (χ0n) is 21.2. The lowest BCUT2D eigenvalue weighted by atomic mass is 10.0. The summed E-state index contributed by atoms with van der Waals surface area (Å²) in [5.74, 6) is -0.0733. The van der Waals surface area contributed by atoms with Gasteiger partial charge >= 0.3 is 0 Å². The summed E-state index contributed by atoms with van der Waals surface area (Å²) >= 11 is 0. The number of rotatable bonds is 10. The van der Waals surface area contributed by atoms with Crippen LogP contribution in [-0.4, -0.2) is 42.8 Å². The third-order valence-corrected chi connectivity index (χ3v) is 6.60. The molecule has 0 unspecified atom stereocenters. The molecule has 1 aliphatic carbocycles. The molecule has 3 aromatic rings. The third kappa shape index (κ3) is 6.09. The standard InChI is InChI=1S/C29H34FN3O3/c1-18(2)36-23-14-10-21(11-15-23)20-8-12-22(13-9-20)33(17-26(31)19(3)35-4)29(34)25-16-24(25)27-6-5-7-28(30)32-27/h5-15,18-19,24-26H,16-17,31H2,1-4H3/t19-,24+,25+,26-/m1/s1. The number of halogens is 1. The van der Waals surface area contributed by atoms with Crippen LogP contribution in [0.4, 0.5) is 10.1 Å². The van der Waals surface area contributed by atoms with E-state index in [1.807, 2.05) is 69.3 Å². The molecule has 1 aliphatic rings. The molecule has 190 valence electrons. The topological polar surface area (TPSA) is 77.7 Å². The second-order valence-corrected chi connectivity index (χ2v) is 9.63. The minimum atomic E-state index is -0.530. The highest BCUT2D eigenvalue weighted by Gasteiger charge is 2.47. The Morgan fingerprint density at radius 2 is 1.69 bits per heavy atom. The SMILES string of the molecule is CO[C@H](C)[C@H](N)CN(C(=O)[C@H]1C[C@@H]1c1cccc(F)n1)c1ccc(-c2ccc(OC(C)C)cc2)cc1. The number of amides is 1. The summed E-state index contributed by atoms with van der Waals surface area (Å²) < 4.78 is 24.7. The van der Waals surface area contributed by atoms with Gasteiger partial charge in [0, 0.05) is 42.9 Å². The molecule has 0 spiro atoms. The maximum Gasteiger partial charge on any atom is 0.230 e. The summed E-state index contributed by atoms with van der Waals surface area (Å²) in [5.41, 5.74) is 9.83. The van der Waals surface area contributed by atoms with Gasteiger partial charge in [-0.05, 0) is 74.7 Å². The van der Waals surface area contributed by atoms with Crippen LogP contribution in [0.25, 0.3) is 11.1 Å². The van der Waals surface area contributed by atoms with Gasteiger partial charge in [0.1, 0.15) is 5.75 Å². The highest BCUT2D eigenvalue weighted by atomic mass is 19.1. The highest BCUT2D eigenvalue weighted by Crippen LogP contribution is 2.48. The van der Waals surface area contributed by atoms with E-state index in [-0.39, 0.29) is 36.0 Å². The van der Waals surface area contributed by atoms with E-state index in [9.17, 15) is 9.18 Å².